The molecule has 0 saturated carbocycles. The highest BCUT2D eigenvalue weighted by Gasteiger charge is 2.15. The summed E-state index contributed by atoms with van der Waals surface area (Å²) in [4.78, 5) is 13.2. The molecule has 3 heterocycles. The van der Waals surface area contributed by atoms with Crippen LogP contribution in [-0.2, 0) is 6.54 Å². The van der Waals surface area contributed by atoms with Gasteiger partial charge in [-0.1, -0.05) is 18.2 Å². The molecule has 9 heteroatoms. The van der Waals surface area contributed by atoms with E-state index in [1.54, 1.807) is 29.5 Å². The van der Waals surface area contributed by atoms with Crippen molar-refractivity contribution < 1.29 is 8.78 Å². The fraction of sp³-hybridized carbons (Fsp3) is 0.125. The lowest BCUT2D eigenvalue weighted by atomic mass is 10.2. The largest absolute Gasteiger partial charge is 0.362 e. The van der Waals surface area contributed by atoms with Crippen LogP contribution in [-0.4, -0.2) is 25.1 Å². The van der Waals surface area contributed by atoms with Crippen molar-refractivity contribution in [3.05, 3.63) is 53.4 Å². The number of nitrogens with zero attached hydrogens (tertiary/aromatic N) is 4. The predicted molar refractivity (Wildman–Crippen MR) is 91.5 cm³/mol. The van der Waals surface area contributed by atoms with E-state index in [0.29, 0.717) is 28.4 Å². The van der Waals surface area contributed by atoms with Gasteiger partial charge < -0.3 is 5.32 Å². The summed E-state index contributed by atoms with van der Waals surface area (Å²) < 4.78 is 26.0. The maximum atomic E-state index is 13.0. The number of para-hydroxylation sites is 1. The second kappa shape index (κ2) is 6.52. The lowest BCUT2D eigenvalue weighted by Crippen LogP contribution is -2.07. The first-order valence-electron chi connectivity index (χ1n) is 7.44. The van der Waals surface area contributed by atoms with Gasteiger partial charge in [-0.15, -0.1) is 11.3 Å². The monoisotopic (exact) mass is 358 g/mol. The second-order valence-electron chi connectivity index (χ2n) is 5.18. The van der Waals surface area contributed by atoms with Gasteiger partial charge in [-0.25, -0.2) is 23.7 Å². The van der Waals surface area contributed by atoms with E-state index in [2.05, 4.69) is 30.5 Å². The predicted octanol–water partition coefficient (Wildman–Crippen LogP) is 4.03. The lowest BCUT2D eigenvalue weighted by molar-refractivity contribution is 0.141. The summed E-state index contributed by atoms with van der Waals surface area (Å²) in [6.07, 6.45) is -2.74. The summed E-state index contributed by atoms with van der Waals surface area (Å²) in [6.45, 7) is 0.280. The number of thiophene rings is 1. The molecule has 6 nitrogen and oxygen atoms in total. The first-order chi connectivity index (χ1) is 12.2. The van der Waals surface area contributed by atoms with E-state index in [0.717, 1.165) is 4.88 Å². The molecule has 2 N–H and O–H groups in total. The summed E-state index contributed by atoms with van der Waals surface area (Å²) in [5.41, 5.74) is 0.465. The number of alkyl halides is 2. The van der Waals surface area contributed by atoms with E-state index < -0.39 is 12.2 Å². The third-order valence-corrected chi connectivity index (χ3v) is 4.38. The number of rotatable bonds is 5. The van der Waals surface area contributed by atoms with Crippen LogP contribution in [0.3, 0.4) is 0 Å². The lowest BCUT2D eigenvalue weighted by Gasteiger charge is -2.09. The molecule has 4 rings (SSSR count). The summed E-state index contributed by atoms with van der Waals surface area (Å²) in [7, 11) is 0. The number of hydrogen-bond donors (Lipinski definition) is 2. The number of fused-ring (bicyclic) bond motifs is 1. The van der Waals surface area contributed by atoms with Gasteiger partial charge in [-0.3, -0.25) is 5.10 Å². The first kappa shape index (κ1) is 15.6. The van der Waals surface area contributed by atoms with Crippen molar-refractivity contribution in [2.75, 3.05) is 5.32 Å². The molecule has 0 spiro atoms. The van der Waals surface area contributed by atoms with Crippen LogP contribution in [0.2, 0.25) is 0 Å². The van der Waals surface area contributed by atoms with E-state index in [-0.39, 0.29) is 6.54 Å². The van der Waals surface area contributed by atoms with Crippen molar-refractivity contribution in [2.24, 2.45) is 0 Å². The Balaban J connectivity index is 1.60. The Labute approximate surface area is 145 Å². The van der Waals surface area contributed by atoms with Crippen LogP contribution in [0.4, 0.5) is 14.6 Å². The Morgan fingerprint density at radius 1 is 1.08 bits per heavy atom. The van der Waals surface area contributed by atoms with Gasteiger partial charge in [0.15, 0.2) is 11.6 Å². The van der Waals surface area contributed by atoms with Crippen molar-refractivity contribution in [3.8, 4) is 10.7 Å². The van der Waals surface area contributed by atoms with Gasteiger partial charge >= 0.3 is 0 Å². The topological polar surface area (TPSA) is 79.4 Å². The fourth-order valence-corrected chi connectivity index (χ4v) is 3.04. The van der Waals surface area contributed by atoms with Crippen molar-refractivity contribution in [2.45, 2.75) is 13.0 Å². The molecular formula is C16H12F2N6S. The Hall–Kier alpha value is -2.94. The number of aromatic amines is 1. The first-order valence-corrected chi connectivity index (χ1v) is 8.32. The van der Waals surface area contributed by atoms with E-state index in [4.69, 9.17) is 0 Å². The minimum Gasteiger partial charge on any atom is -0.362 e. The smallest absolute Gasteiger partial charge is 0.297 e. The number of benzene rings is 1. The highest BCUT2D eigenvalue weighted by molar-refractivity contribution is 7.13. The highest BCUT2D eigenvalue weighted by atomic mass is 32.1. The molecule has 126 valence electrons. The van der Waals surface area contributed by atoms with E-state index >= 15 is 0 Å². The minimum absolute atomic E-state index is 0.280. The SMILES string of the molecule is FC(F)c1nc(NCc2nc(-c3cccs3)n[nH]2)c2ccccc2n1. The molecule has 1 aromatic carbocycles. The molecule has 0 aliphatic heterocycles. The van der Waals surface area contributed by atoms with Gasteiger partial charge in [0, 0.05) is 5.39 Å². The Bertz CT molecular complexity index is 999. The Morgan fingerprint density at radius 3 is 2.76 bits per heavy atom. The zero-order valence-electron chi connectivity index (χ0n) is 12.8. The standard InChI is InChI=1S/C16H12F2N6S/c17-13(18)16-20-10-5-2-1-4-9(10)14(22-16)19-8-12-21-15(24-23-12)11-6-3-7-25-11/h1-7,13H,8H2,(H,19,20,22)(H,21,23,24). The molecule has 3 aromatic heterocycles. The van der Waals surface area contributed by atoms with E-state index in [1.807, 2.05) is 23.6 Å². The molecule has 0 aliphatic rings. The quantitative estimate of drug-likeness (QED) is 0.563. The van der Waals surface area contributed by atoms with Gasteiger partial charge in [-0.2, -0.15) is 5.10 Å². The van der Waals surface area contributed by atoms with Crippen LogP contribution in [0, 0.1) is 0 Å². The van der Waals surface area contributed by atoms with Crippen LogP contribution < -0.4 is 5.32 Å². The van der Waals surface area contributed by atoms with Crippen molar-refractivity contribution in [1.82, 2.24) is 25.1 Å². The molecule has 0 bridgehead atoms. The number of H-pyrrole nitrogens is 1. The van der Waals surface area contributed by atoms with E-state index in [9.17, 15) is 8.78 Å². The number of nitrogens with one attached hydrogen (secondary N) is 2. The summed E-state index contributed by atoms with van der Waals surface area (Å²) in [5, 5.41) is 12.7. The highest BCUT2D eigenvalue weighted by Crippen LogP contribution is 2.25. The second-order valence-corrected chi connectivity index (χ2v) is 6.13. The molecular weight excluding hydrogens is 346 g/mol. The Morgan fingerprint density at radius 2 is 1.96 bits per heavy atom. The maximum absolute atomic E-state index is 13.0. The molecule has 0 aliphatic carbocycles. The number of anilines is 1. The van der Waals surface area contributed by atoms with Gasteiger partial charge in [0.2, 0.25) is 0 Å². The normalized spacial score (nSPS) is 11.3. The third-order valence-electron chi connectivity index (χ3n) is 3.51. The van der Waals surface area contributed by atoms with Gasteiger partial charge in [0.25, 0.3) is 6.43 Å². The zero-order chi connectivity index (χ0) is 17.2. The number of aromatic nitrogens is 5. The summed E-state index contributed by atoms with van der Waals surface area (Å²) >= 11 is 1.54. The summed E-state index contributed by atoms with van der Waals surface area (Å²) in [5.74, 6) is 1.03. The van der Waals surface area contributed by atoms with Crippen molar-refractivity contribution >= 4 is 28.1 Å². The van der Waals surface area contributed by atoms with Crippen LogP contribution in [0.1, 0.15) is 18.1 Å². The molecule has 0 fully saturated rings. The molecule has 0 atom stereocenters. The zero-order valence-corrected chi connectivity index (χ0v) is 13.6. The van der Waals surface area contributed by atoms with Crippen LogP contribution in [0.5, 0.6) is 0 Å². The molecule has 0 unspecified atom stereocenters. The number of halogens is 2. The third kappa shape index (κ3) is 3.18. The molecule has 4 aromatic rings. The van der Waals surface area contributed by atoms with Gasteiger partial charge in [-0.05, 0) is 23.6 Å². The van der Waals surface area contributed by atoms with Crippen molar-refractivity contribution in [3.63, 3.8) is 0 Å². The minimum atomic E-state index is -2.74. The van der Waals surface area contributed by atoms with Gasteiger partial charge in [0.05, 0.1) is 16.9 Å². The van der Waals surface area contributed by atoms with E-state index in [1.165, 1.54) is 0 Å². The molecule has 25 heavy (non-hydrogen) atoms. The number of hydrogen-bond acceptors (Lipinski definition) is 6. The van der Waals surface area contributed by atoms with Crippen LogP contribution >= 0.6 is 11.3 Å². The Kier molecular flexibility index (Phi) is 4.06. The maximum Gasteiger partial charge on any atom is 0.297 e. The van der Waals surface area contributed by atoms with Crippen LogP contribution in [0.15, 0.2) is 41.8 Å². The van der Waals surface area contributed by atoms with Crippen LogP contribution in [0.25, 0.3) is 21.6 Å². The van der Waals surface area contributed by atoms with Crippen molar-refractivity contribution in [1.29, 1.82) is 0 Å². The molecule has 0 amide bonds. The molecule has 0 radical (unpaired) electrons. The fourth-order valence-electron chi connectivity index (χ4n) is 2.38. The average Bonchev–Trinajstić information content (AvgIpc) is 3.30. The molecule has 0 saturated heterocycles. The summed E-state index contributed by atoms with van der Waals surface area (Å²) in [6, 6.07) is 10.9. The average molecular weight is 358 g/mol. The van der Waals surface area contributed by atoms with Gasteiger partial charge in [0.1, 0.15) is 11.6 Å².